The SMILES string of the molecule is CCc1c(C)ccc(Cl)c1F. The molecule has 0 nitrogen and oxygen atoms in total. The molecule has 11 heavy (non-hydrogen) atoms. The summed E-state index contributed by atoms with van der Waals surface area (Å²) in [5.41, 5.74) is 1.69. The minimum Gasteiger partial charge on any atom is -0.205 e. The Hall–Kier alpha value is -0.560. The summed E-state index contributed by atoms with van der Waals surface area (Å²) in [6.07, 6.45) is 0.693. The van der Waals surface area contributed by atoms with Gasteiger partial charge in [0.25, 0.3) is 0 Å². The number of rotatable bonds is 1. The lowest BCUT2D eigenvalue weighted by atomic mass is 10.1. The number of halogens is 2. The molecule has 0 N–H and O–H groups in total. The summed E-state index contributed by atoms with van der Waals surface area (Å²) in [5.74, 6) is -0.269. The van der Waals surface area contributed by atoms with Crippen LogP contribution >= 0.6 is 11.6 Å². The molecule has 0 aliphatic rings. The minimum atomic E-state index is -0.269. The highest BCUT2D eigenvalue weighted by molar-refractivity contribution is 6.30. The van der Waals surface area contributed by atoms with Crippen molar-refractivity contribution < 1.29 is 4.39 Å². The lowest BCUT2D eigenvalue weighted by molar-refractivity contribution is 0.611. The molecule has 0 atom stereocenters. The zero-order valence-electron chi connectivity index (χ0n) is 6.62. The fourth-order valence-corrected chi connectivity index (χ4v) is 1.30. The van der Waals surface area contributed by atoms with Crippen LogP contribution in [0.5, 0.6) is 0 Å². The number of hydrogen-bond acceptors (Lipinski definition) is 0. The quantitative estimate of drug-likeness (QED) is 0.610. The third-order valence-corrected chi connectivity index (χ3v) is 2.08. The third kappa shape index (κ3) is 1.54. The number of benzene rings is 1. The fraction of sp³-hybridized carbons (Fsp3) is 0.333. The molecule has 1 rings (SSSR count). The molecule has 0 aliphatic carbocycles. The molecule has 0 heterocycles. The molecule has 0 unspecified atom stereocenters. The van der Waals surface area contributed by atoms with Crippen molar-refractivity contribution in [1.82, 2.24) is 0 Å². The average Bonchev–Trinajstić information content (AvgIpc) is 1.99. The number of aryl methyl sites for hydroxylation is 1. The topological polar surface area (TPSA) is 0 Å². The van der Waals surface area contributed by atoms with E-state index < -0.39 is 0 Å². The van der Waals surface area contributed by atoms with Crippen molar-refractivity contribution in [1.29, 1.82) is 0 Å². The molecule has 60 valence electrons. The first-order chi connectivity index (χ1) is 5.16. The van der Waals surface area contributed by atoms with Gasteiger partial charge < -0.3 is 0 Å². The van der Waals surface area contributed by atoms with Crippen LogP contribution in [0, 0.1) is 12.7 Å². The second-order valence-corrected chi connectivity index (χ2v) is 2.92. The van der Waals surface area contributed by atoms with E-state index in [1.165, 1.54) is 0 Å². The lowest BCUT2D eigenvalue weighted by Crippen LogP contribution is -1.92. The van der Waals surface area contributed by atoms with Crippen molar-refractivity contribution in [3.63, 3.8) is 0 Å². The predicted molar refractivity (Wildman–Crippen MR) is 45.5 cm³/mol. The van der Waals surface area contributed by atoms with Gasteiger partial charge in [-0.15, -0.1) is 0 Å². The highest BCUT2D eigenvalue weighted by Crippen LogP contribution is 2.21. The Bertz CT molecular complexity index is 269. The molecule has 1 aromatic rings. The molecule has 1 aromatic carbocycles. The maximum absolute atomic E-state index is 13.1. The van der Waals surface area contributed by atoms with Crippen molar-refractivity contribution >= 4 is 11.6 Å². The first kappa shape index (κ1) is 8.54. The van der Waals surface area contributed by atoms with Gasteiger partial charge >= 0.3 is 0 Å². The van der Waals surface area contributed by atoms with Gasteiger partial charge in [-0.3, -0.25) is 0 Å². The van der Waals surface area contributed by atoms with E-state index in [1.807, 2.05) is 19.9 Å². The van der Waals surface area contributed by atoms with E-state index >= 15 is 0 Å². The van der Waals surface area contributed by atoms with Gasteiger partial charge in [0, 0.05) is 0 Å². The summed E-state index contributed by atoms with van der Waals surface area (Å²) >= 11 is 5.59. The summed E-state index contributed by atoms with van der Waals surface area (Å²) in [6.45, 7) is 3.81. The van der Waals surface area contributed by atoms with Gasteiger partial charge in [0.05, 0.1) is 5.02 Å². The van der Waals surface area contributed by atoms with Crippen LogP contribution in [0.4, 0.5) is 4.39 Å². The molecule has 0 aromatic heterocycles. The third-order valence-electron chi connectivity index (χ3n) is 1.78. The molecular weight excluding hydrogens is 163 g/mol. The van der Waals surface area contributed by atoms with E-state index in [0.717, 1.165) is 11.1 Å². The molecule has 0 amide bonds. The van der Waals surface area contributed by atoms with Crippen molar-refractivity contribution in [2.45, 2.75) is 20.3 Å². The van der Waals surface area contributed by atoms with E-state index in [1.54, 1.807) is 6.07 Å². The van der Waals surface area contributed by atoms with Gasteiger partial charge in [-0.1, -0.05) is 24.6 Å². The molecular formula is C9H10ClF. The predicted octanol–water partition coefficient (Wildman–Crippen LogP) is 3.35. The summed E-state index contributed by atoms with van der Waals surface area (Å²) in [7, 11) is 0. The molecule has 0 bridgehead atoms. The highest BCUT2D eigenvalue weighted by Gasteiger charge is 2.06. The van der Waals surface area contributed by atoms with Crippen LogP contribution < -0.4 is 0 Å². The van der Waals surface area contributed by atoms with Crippen molar-refractivity contribution in [3.05, 3.63) is 34.1 Å². The maximum atomic E-state index is 13.1. The van der Waals surface area contributed by atoms with Crippen LogP contribution in [0.25, 0.3) is 0 Å². The van der Waals surface area contributed by atoms with E-state index in [2.05, 4.69) is 0 Å². The van der Waals surface area contributed by atoms with Crippen LogP contribution in [0.15, 0.2) is 12.1 Å². The Morgan fingerprint density at radius 2 is 2.09 bits per heavy atom. The van der Waals surface area contributed by atoms with Crippen LogP contribution in [0.2, 0.25) is 5.02 Å². The molecule has 2 heteroatoms. The molecule has 0 aliphatic heterocycles. The first-order valence-corrected chi connectivity index (χ1v) is 3.98. The Labute approximate surface area is 71.0 Å². The second-order valence-electron chi connectivity index (χ2n) is 2.51. The van der Waals surface area contributed by atoms with Gasteiger partial charge in [-0.05, 0) is 30.5 Å². The smallest absolute Gasteiger partial charge is 0.145 e. The summed E-state index contributed by atoms with van der Waals surface area (Å²) in [6, 6.07) is 3.43. The normalized spacial score (nSPS) is 10.2. The summed E-state index contributed by atoms with van der Waals surface area (Å²) in [4.78, 5) is 0. The maximum Gasteiger partial charge on any atom is 0.145 e. The van der Waals surface area contributed by atoms with Crippen molar-refractivity contribution in [3.8, 4) is 0 Å². The zero-order chi connectivity index (χ0) is 8.43. The first-order valence-electron chi connectivity index (χ1n) is 3.60. The number of hydrogen-bond donors (Lipinski definition) is 0. The van der Waals surface area contributed by atoms with Crippen LogP contribution in [0.3, 0.4) is 0 Å². The Kier molecular flexibility index (Phi) is 2.50. The van der Waals surface area contributed by atoms with E-state index in [0.29, 0.717) is 6.42 Å². The Balaban J connectivity index is 3.29. The van der Waals surface area contributed by atoms with Gasteiger partial charge in [0.1, 0.15) is 5.82 Å². The molecule has 0 radical (unpaired) electrons. The molecule has 0 fully saturated rings. The van der Waals surface area contributed by atoms with Gasteiger partial charge in [-0.25, -0.2) is 4.39 Å². The monoisotopic (exact) mass is 172 g/mol. The lowest BCUT2D eigenvalue weighted by Gasteiger charge is -2.04. The molecule has 0 saturated heterocycles. The Morgan fingerprint density at radius 3 is 2.55 bits per heavy atom. The highest BCUT2D eigenvalue weighted by atomic mass is 35.5. The summed E-state index contributed by atoms with van der Waals surface area (Å²) < 4.78 is 13.1. The van der Waals surface area contributed by atoms with E-state index in [4.69, 9.17) is 11.6 Å². The standard InChI is InChI=1S/C9H10ClF/c1-3-7-6(2)4-5-8(10)9(7)11/h4-5H,3H2,1-2H3. The largest absolute Gasteiger partial charge is 0.205 e. The van der Waals surface area contributed by atoms with Gasteiger partial charge in [-0.2, -0.15) is 0 Å². The van der Waals surface area contributed by atoms with E-state index in [9.17, 15) is 4.39 Å². The van der Waals surface area contributed by atoms with Crippen LogP contribution in [0.1, 0.15) is 18.1 Å². The van der Waals surface area contributed by atoms with Crippen molar-refractivity contribution in [2.24, 2.45) is 0 Å². The van der Waals surface area contributed by atoms with Gasteiger partial charge in [0.2, 0.25) is 0 Å². The Morgan fingerprint density at radius 1 is 1.45 bits per heavy atom. The molecule has 0 spiro atoms. The molecule has 0 saturated carbocycles. The van der Waals surface area contributed by atoms with Crippen molar-refractivity contribution in [2.75, 3.05) is 0 Å². The second kappa shape index (κ2) is 3.22. The van der Waals surface area contributed by atoms with Crippen LogP contribution in [-0.4, -0.2) is 0 Å². The van der Waals surface area contributed by atoms with E-state index in [-0.39, 0.29) is 10.8 Å². The zero-order valence-corrected chi connectivity index (χ0v) is 7.37. The minimum absolute atomic E-state index is 0.215. The van der Waals surface area contributed by atoms with Crippen LogP contribution in [-0.2, 0) is 6.42 Å². The van der Waals surface area contributed by atoms with Gasteiger partial charge in [0.15, 0.2) is 0 Å². The fourth-order valence-electron chi connectivity index (χ4n) is 1.12. The average molecular weight is 173 g/mol. The summed E-state index contributed by atoms with van der Waals surface area (Å²) in [5, 5.41) is 0.215.